The van der Waals surface area contributed by atoms with E-state index in [1.165, 1.54) is 0 Å². The van der Waals surface area contributed by atoms with Crippen molar-refractivity contribution in [2.75, 3.05) is 13.2 Å². The summed E-state index contributed by atoms with van der Waals surface area (Å²) in [6.07, 6.45) is 4.74. The Labute approximate surface area is 163 Å². The highest BCUT2D eigenvalue weighted by atomic mass is 16.4. The van der Waals surface area contributed by atoms with Gasteiger partial charge in [0.1, 0.15) is 0 Å². The lowest BCUT2D eigenvalue weighted by Crippen LogP contribution is -2.24. The molecule has 0 bridgehead atoms. The number of carboxylic acid groups (broad SMARTS) is 2. The quantitative estimate of drug-likeness (QED) is 0.602. The van der Waals surface area contributed by atoms with Gasteiger partial charge in [0, 0.05) is 57.6 Å². The molecule has 0 aliphatic carbocycles. The molecule has 10 nitrogen and oxygen atoms in total. The van der Waals surface area contributed by atoms with Gasteiger partial charge >= 0.3 is 0 Å². The van der Waals surface area contributed by atoms with Crippen LogP contribution in [0.3, 0.4) is 0 Å². The van der Waals surface area contributed by atoms with E-state index in [-0.39, 0.29) is 12.6 Å². The second kappa shape index (κ2) is 10.6. The van der Waals surface area contributed by atoms with E-state index in [9.17, 15) is 5.11 Å². The van der Waals surface area contributed by atoms with Crippen LogP contribution in [0.25, 0.3) is 11.6 Å². The minimum absolute atomic E-state index is 0.181. The minimum atomic E-state index is -0.833. The number of nitrogens with zero attached hydrogens (tertiary/aromatic N) is 4. The molecule has 3 rings (SSSR count). The second-order valence-corrected chi connectivity index (χ2v) is 6.54. The molecule has 1 fully saturated rings. The fourth-order valence-electron chi connectivity index (χ4n) is 2.85. The van der Waals surface area contributed by atoms with Crippen LogP contribution in [0.4, 0.5) is 0 Å². The molecule has 1 aliphatic rings. The predicted molar refractivity (Wildman–Crippen MR) is 103 cm³/mol. The molecule has 1 saturated heterocycles. The fourth-order valence-corrected chi connectivity index (χ4v) is 2.85. The number of nitrogens with one attached hydrogen (secondary N) is 1. The molecular formula is C18H29N5O5. The van der Waals surface area contributed by atoms with Crippen LogP contribution in [-0.4, -0.2) is 65.6 Å². The van der Waals surface area contributed by atoms with E-state index in [1.807, 2.05) is 26.4 Å². The molecule has 1 aliphatic heterocycles. The van der Waals surface area contributed by atoms with Crippen molar-refractivity contribution in [3.63, 3.8) is 0 Å². The Bertz CT molecular complexity index is 778. The van der Waals surface area contributed by atoms with E-state index in [0.717, 1.165) is 49.8 Å². The van der Waals surface area contributed by atoms with Crippen molar-refractivity contribution >= 4 is 11.9 Å². The Balaban J connectivity index is 0.000000420. The molecule has 0 amide bonds. The summed E-state index contributed by atoms with van der Waals surface area (Å²) in [6.45, 7) is 7.29. The summed E-state index contributed by atoms with van der Waals surface area (Å²) in [5.41, 5.74) is 2.20. The number of carbonyl (C=O) groups is 2. The van der Waals surface area contributed by atoms with Crippen molar-refractivity contribution in [3.8, 4) is 11.6 Å². The molecule has 0 spiro atoms. The largest absolute Gasteiger partial charge is 0.481 e. The molecular weight excluding hydrogens is 366 g/mol. The van der Waals surface area contributed by atoms with Gasteiger partial charge in [0.15, 0.2) is 11.6 Å². The third-order valence-electron chi connectivity index (χ3n) is 4.30. The lowest BCUT2D eigenvalue weighted by atomic mass is 10.2. The van der Waals surface area contributed by atoms with Crippen molar-refractivity contribution in [1.29, 1.82) is 0 Å². The summed E-state index contributed by atoms with van der Waals surface area (Å²) in [4.78, 5) is 27.1. The number of carboxylic acids is 2. The van der Waals surface area contributed by atoms with Gasteiger partial charge in [-0.1, -0.05) is 0 Å². The fraction of sp³-hybridized carbons (Fsp3) is 0.556. The summed E-state index contributed by atoms with van der Waals surface area (Å²) >= 11 is 0. The first-order valence-corrected chi connectivity index (χ1v) is 8.84. The van der Waals surface area contributed by atoms with E-state index < -0.39 is 11.9 Å². The highest BCUT2D eigenvalue weighted by Gasteiger charge is 2.27. The highest BCUT2D eigenvalue weighted by molar-refractivity contribution is 5.63. The van der Waals surface area contributed by atoms with E-state index in [2.05, 4.69) is 31.3 Å². The number of imidazole rings is 2. The van der Waals surface area contributed by atoms with Crippen LogP contribution in [0.5, 0.6) is 0 Å². The van der Waals surface area contributed by atoms with Gasteiger partial charge in [-0.15, -0.1) is 0 Å². The molecule has 28 heavy (non-hydrogen) atoms. The van der Waals surface area contributed by atoms with Crippen LogP contribution in [0.15, 0.2) is 12.4 Å². The van der Waals surface area contributed by atoms with E-state index in [4.69, 9.17) is 19.8 Å². The molecule has 2 atom stereocenters. The Morgan fingerprint density at radius 1 is 1.21 bits per heavy atom. The first kappa shape index (κ1) is 23.3. The molecule has 2 aromatic heterocycles. The van der Waals surface area contributed by atoms with Crippen molar-refractivity contribution in [3.05, 3.63) is 23.8 Å². The Morgan fingerprint density at radius 2 is 1.79 bits per heavy atom. The van der Waals surface area contributed by atoms with E-state index in [0.29, 0.717) is 6.04 Å². The molecule has 2 aromatic rings. The van der Waals surface area contributed by atoms with Crippen molar-refractivity contribution in [1.82, 2.24) is 24.4 Å². The van der Waals surface area contributed by atoms with Gasteiger partial charge in [-0.3, -0.25) is 9.59 Å². The third kappa shape index (κ3) is 6.46. The maximum absolute atomic E-state index is 9.25. The van der Waals surface area contributed by atoms with Crippen LogP contribution in [0.2, 0.25) is 0 Å². The van der Waals surface area contributed by atoms with Crippen molar-refractivity contribution in [2.24, 2.45) is 7.05 Å². The molecule has 0 unspecified atom stereocenters. The second-order valence-electron chi connectivity index (χ2n) is 6.54. The monoisotopic (exact) mass is 395 g/mol. The predicted octanol–water partition coefficient (Wildman–Crippen LogP) is 0.978. The zero-order valence-corrected chi connectivity index (χ0v) is 16.9. The summed E-state index contributed by atoms with van der Waals surface area (Å²) in [5, 5.41) is 27.4. The first-order chi connectivity index (χ1) is 13.1. The molecule has 0 aromatic carbocycles. The van der Waals surface area contributed by atoms with Gasteiger partial charge in [0.2, 0.25) is 0 Å². The number of aromatic nitrogens is 4. The van der Waals surface area contributed by atoms with Gasteiger partial charge in [0.05, 0.1) is 12.3 Å². The van der Waals surface area contributed by atoms with Crippen LogP contribution in [0.1, 0.15) is 37.7 Å². The van der Waals surface area contributed by atoms with Crippen molar-refractivity contribution in [2.45, 2.75) is 46.2 Å². The van der Waals surface area contributed by atoms with Gasteiger partial charge < -0.3 is 29.8 Å². The van der Waals surface area contributed by atoms with Crippen LogP contribution < -0.4 is 5.32 Å². The Kier molecular flexibility index (Phi) is 8.80. The average Bonchev–Trinajstić information content (AvgIpc) is 3.29. The number of aliphatic carboxylic acids is 2. The lowest BCUT2D eigenvalue weighted by Gasteiger charge is -2.14. The molecule has 3 heterocycles. The molecule has 156 valence electrons. The highest BCUT2D eigenvalue weighted by Crippen LogP contribution is 2.26. The number of hydrogen-bond acceptors (Lipinski definition) is 6. The van der Waals surface area contributed by atoms with Crippen LogP contribution in [-0.2, 0) is 16.6 Å². The minimum Gasteiger partial charge on any atom is -0.481 e. The third-order valence-corrected chi connectivity index (χ3v) is 4.30. The van der Waals surface area contributed by atoms with Crippen LogP contribution >= 0.6 is 0 Å². The van der Waals surface area contributed by atoms with Crippen LogP contribution in [0, 0.1) is 13.8 Å². The molecule has 4 N–H and O–H groups in total. The first-order valence-electron chi connectivity index (χ1n) is 8.84. The number of aliphatic hydroxyl groups is 1. The Morgan fingerprint density at radius 3 is 2.21 bits per heavy atom. The lowest BCUT2D eigenvalue weighted by molar-refractivity contribution is -0.135. The molecule has 0 radical (unpaired) electrons. The zero-order chi connectivity index (χ0) is 21.4. The van der Waals surface area contributed by atoms with Gasteiger partial charge in [-0.2, -0.15) is 0 Å². The smallest absolute Gasteiger partial charge is 0.300 e. The SMILES string of the molecule is CC(=O)O.CC(=O)O.Cc1nc(-c2nccn2[C@H]2CN[C@H](CO)C2)n(C)c1C. The van der Waals surface area contributed by atoms with Crippen molar-refractivity contribution < 1.29 is 24.9 Å². The summed E-state index contributed by atoms with van der Waals surface area (Å²) < 4.78 is 4.25. The zero-order valence-electron chi connectivity index (χ0n) is 16.9. The number of rotatable bonds is 3. The summed E-state index contributed by atoms with van der Waals surface area (Å²) in [6, 6.07) is 0.502. The normalized spacial score (nSPS) is 17.9. The summed E-state index contributed by atoms with van der Waals surface area (Å²) in [7, 11) is 2.02. The Hall–Kier alpha value is -2.72. The van der Waals surface area contributed by atoms with Gasteiger partial charge in [-0.05, 0) is 20.3 Å². The molecule has 0 saturated carbocycles. The maximum Gasteiger partial charge on any atom is 0.300 e. The van der Waals surface area contributed by atoms with Gasteiger partial charge in [0.25, 0.3) is 11.9 Å². The number of hydrogen-bond donors (Lipinski definition) is 4. The maximum atomic E-state index is 9.25. The van der Waals surface area contributed by atoms with E-state index in [1.54, 1.807) is 0 Å². The number of aryl methyl sites for hydroxylation is 1. The average molecular weight is 395 g/mol. The standard InChI is InChI=1S/C14H21N5O.2C2H4O2/c1-9-10(2)18(3)14(17-9)13-15-4-5-19(13)12-6-11(8-20)16-7-12;2*1-2(3)4/h4-5,11-12,16,20H,6-8H2,1-3H3;2*1H3,(H,3,4)/t11-,12+;;/m0../s1. The number of aliphatic hydroxyl groups excluding tert-OH is 1. The summed E-state index contributed by atoms with van der Waals surface area (Å²) in [5.74, 6) is 0.131. The van der Waals surface area contributed by atoms with E-state index >= 15 is 0 Å². The molecule has 10 heteroatoms. The topological polar surface area (TPSA) is 142 Å². The van der Waals surface area contributed by atoms with Gasteiger partial charge in [-0.25, -0.2) is 9.97 Å².